The molecule has 0 aromatic carbocycles. The quantitative estimate of drug-likeness (QED) is 0.534. The first-order valence-electron chi connectivity index (χ1n) is 2.94. The van der Waals surface area contributed by atoms with Gasteiger partial charge < -0.3 is 0 Å². The molecule has 0 radical (unpaired) electrons. The van der Waals surface area contributed by atoms with Crippen molar-refractivity contribution in [2.24, 2.45) is 0 Å². The fourth-order valence-electron chi connectivity index (χ4n) is 0.574. The van der Waals surface area contributed by atoms with Crippen LogP contribution in [0.1, 0.15) is 6.42 Å². The molecule has 0 atom stereocenters. The fourth-order valence-corrected chi connectivity index (χ4v) is 1.12. The van der Waals surface area contributed by atoms with E-state index in [4.69, 9.17) is 0 Å². The molecule has 0 N–H and O–H groups in total. The van der Waals surface area contributed by atoms with Gasteiger partial charge in [-0.15, -0.1) is 0 Å². The molecule has 0 fully saturated rings. The molecule has 0 bridgehead atoms. The molecule has 0 rings (SSSR count). The van der Waals surface area contributed by atoms with Gasteiger partial charge in [0.25, 0.3) is 5.67 Å². The van der Waals surface area contributed by atoms with Gasteiger partial charge in [-0.2, -0.15) is 26.3 Å². The molecule has 0 aliphatic rings. The van der Waals surface area contributed by atoms with Gasteiger partial charge in [-0.1, -0.05) is 15.9 Å². The monoisotopic (exact) mass is 276 g/mol. The van der Waals surface area contributed by atoms with Crippen LogP contribution in [0.3, 0.4) is 0 Å². The lowest BCUT2D eigenvalue weighted by Crippen LogP contribution is -2.53. The highest BCUT2D eigenvalue weighted by atomic mass is 79.9. The summed E-state index contributed by atoms with van der Waals surface area (Å²) >= 11 is 2.33. The predicted molar refractivity (Wildman–Crippen MR) is 34.4 cm³/mol. The summed E-state index contributed by atoms with van der Waals surface area (Å²) in [5.74, 6) is 0. The van der Waals surface area contributed by atoms with Crippen molar-refractivity contribution < 1.29 is 30.7 Å². The van der Waals surface area contributed by atoms with Crippen molar-refractivity contribution in [1.29, 1.82) is 0 Å². The number of rotatable bonds is 2. The number of halogens is 8. The molecule has 13 heavy (non-hydrogen) atoms. The zero-order valence-corrected chi connectivity index (χ0v) is 7.52. The first-order valence-corrected chi connectivity index (χ1v) is 4.07. The van der Waals surface area contributed by atoms with E-state index in [1.807, 2.05) is 0 Å². The molecule has 0 spiro atoms. The molecule has 0 aromatic heterocycles. The van der Waals surface area contributed by atoms with E-state index in [9.17, 15) is 30.7 Å². The zero-order chi connectivity index (χ0) is 10.9. The number of hydrogen-bond acceptors (Lipinski definition) is 0. The van der Waals surface area contributed by atoms with E-state index < -0.39 is 29.8 Å². The largest absolute Gasteiger partial charge is 0.431 e. The Labute approximate surface area is 77.2 Å². The van der Waals surface area contributed by atoms with Gasteiger partial charge >= 0.3 is 12.4 Å². The van der Waals surface area contributed by atoms with Crippen LogP contribution in [0.25, 0.3) is 0 Å². The Morgan fingerprint density at radius 2 is 1.08 bits per heavy atom. The minimum atomic E-state index is -5.93. The van der Waals surface area contributed by atoms with Crippen LogP contribution in [0.2, 0.25) is 0 Å². The van der Waals surface area contributed by atoms with Gasteiger partial charge in [-0.3, -0.25) is 0 Å². The lowest BCUT2D eigenvalue weighted by atomic mass is 10.0. The SMILES string of the molecule is FC(F)(F)C(F)(CCBr)C(F)(F)F. The van der Waals surface area contributed by atoms with Crippen molar-refractivity contribution in [3.63, 3.8) is 0 Å². The molecule has 0 aromatic rings. The van der Waals surface area contributed by atoms with Gasteiger partial charge in [0.2, 0.25) is 0 Å². The first kappa shape index (κ1) is 13.0. The van der Waals surface area contributed by atoms with Crippen LogP contribution >= 0.6 is 15.9 Å². The smallest absolute Gasteiger partial charge is 0.224 e. The van der Waals surface area contributed by atoms with Crippen LogP contribution in [0.5, 0.6) is 0 Å². The summed E-state index contributed by atoms with van der Waals surface area (Å²) in [6.45, 7) is 0. The molecule has 0 aliphatic carbocycles. The third kappa shape index (κ3) is 2.47. The minimum absolute atomic E-state index is 0.720. The molecule has 0 nitrogen and oxygen atoms in total. The summed E-state index contributed by atoms with van der Waals surface area (Å²) in [4.78, 5) is 0. The van der Waals surface area contributed by atoms with Crippen molar-refractivity contribution in [2.75, 3.05) is 5.33 Å². The van der Waals surface area contributed by atoms with Crippen molar-refractivity contribution >= 4 is 15.9 Å². The summed E-state index contributed by atoms with van der Waals surface area (Å²) in [7, 11) is 0. The summed E-state index contributed by atoms with van der Waals surface area (Å²) in [6.07, 6.45) is -13.5. The van der Waals surface area contributed by atoms with E-state index in [-0.39, 0.29) is 0 Å². The highest BCUT2D eigenvalue weighted by Gasteiger charge is 2.71. The highest BCUT2D eigenvalue weighted by Crippen LogP contribution is 2.48. The van der Waals surface area contributed by atoms with Crippen molar-refractivity contribution in [3.8, 4) is 0 Å². The molecular weight excluding hydrogens is 273 g/mol. The molecule has 0 aliphatic heterocycles. The molecule has 0 unspecified atom stereocenters. The molecule has 8 heteroatoms. The Hall–Kier alpha value is -0.0100. The van der Waals surface area contributed by atoms with E-state index in [1.165, 1.54) is 0 Å². The Kier molecular flexibility index (Phi) is 3.62. The van der Waals surface area contributed by atoms with Gasteiger partial charge in [-0.05, 0) is 0 Å². The van der Waals surface area contributed by atoms with Gasteiger partial charge in [0.1, 0.15) is 0 Å². The molecular formula is C5H4BrF7. The van der Waals surface area contributed by atoms with Crippen LogP contribution in [-0.4, -0.2) is 23.4 Å². The predicted octanol–water partition coefficient (Wildman–Crippen LogP) is 3.60. The summed E-state index contributed by atoms with van der Waals surface area (Å²) < 4.78 is 82.6. The van der Waals surface area contributed by atoms with E-state index in [0.717, 1.165) is 0 Å². The second kappa shape index (κ2) is 3.62. The maximum atomic E-state index is 12.5. The summed E-state index contributed by atoms with van der Waals surface area (Å²) in [5.41, 5.74) is -5.12. The minimum Gasteiger partial charge on any atom is -0.224 e. The Balaban J connectivity index is 4.96. The fraction of sp³-hybridized carbons (Fsp3) is 1.00. The van der Waals surface area contributed by atoms with Crippen molar-refractivity contribution in [3.05, 3.63) is 0 Å². The second-order valence-electron chi connectivity index (χ2n) is 2.24. The van der Waals surface area contributed by atoms with Crippen LogP contribution in [0.4, 0.5) is 30.7 Å². The lowest BCUT2D eigenvalue weighted by molar-refractivity contribution is -0.341. The van der Waals surface area contributed by atoms with Crippen molar-refractivity contribution in [1.82, 2.24) is 0 Å². The van der Waals surface area contributed by atoms with E-state index >= 15 is 0 Å². The Morgan fingerprint density at radius 3 is 1.15 bits per heavy atom. The average molecular weight is 277 g/mol. The van der Waals surface area contributed by atoms with Crippen LogP contribution in [0, 0.1) is 0 Å². The molecule has 0 saturated heterocycles. The molecule has 0 heterocycles. The Morgan fingerprint density at radius 1 is 0.769 bits per heavy atom. The van der Waals surface area contributed by atoms with E-state index in [2.05, 4.69) is 15.9 Å². The normalized spacial score (nSPS) is 14.8. The highest BCUT2D eigenvalue weighted by molar-refractivity contribution is 9.09. The maximum Gasteiger partial charge on any atom is 0.431 e. The van der Waals surface area contributed by atoms with Crippen molar-refractivity contribution in [2.45, 2.75) is 24.4 Å². The third-order valence-corrected chi connectivity index (χ3v) is 1.73. The van der Waals surface area contributed by atoms with Crippen LogP contribution in [0.15, 0.2) is 0 Å². The number of hydrogen-bond donors (Lipinski definition) is 0. The first-order chi connectivity index (χ1) is 5.56. The Bertz CT molecular complexity index is 155. The second-order valence-corrected chi connectivity index (χ2v) is 3.03. The summed E-state index contributed by atoms with van der Waals surface area (Å²) in [5, 5.41) is -0.720. The molecule has 80 valence electrons. The van der Waals surface area contributed by atoms with Crippen LogP contribution < -0.4 is 0 Å². The lowest BCUT2D eigenvalue weighted by Gasteiger charge is -2.29. The molecule has 0 saturated carbocycles. The molecule has 0 amide bonds. The van der Waals surface area contributed by atoms with E-state index in [0.29, 0.717) is 0 Å². The van der Waals surface area contributed by atoms with Gasteiger partial charge in [-0.25, -0.2) is 4.39 Å². The topological polar surface area (TPSA) is 0 Å². The summed E-state index contributed by atoms with van der Waals surface area (Å²) in [6, 6.07) is 0. The third-order valence-electron chi connectivity index (χ3n) is 1.34. The standard InChI is InChI=1S/C5H4BrF7/c6-2-1-3(7,4(8,9)10)5(11,12)13/h1-2H2. The zero-order valence-electron chi connectivity index (χ0n) is 5.94. The maximum absolute atomic E-state index is 12.5. The van der Waals surface area contributed by atoms with Crippen LogP contribution in [-0.2, 0) is 0 Å². The number of alkyl halides is 8. The van der Waals surface area contributed by atoms with Gasteiger partial charge in [0.05, 0.1) is 0 Å². The average Bonchev–Trinajstić information content (AvgIpc) is 1.82. The van der Waals surface area contributed by atoms with E-state index in [1.54, 1.807) is 0 Å². The van der Waals surface area contributed by atoms with Gasteiger partial charge in [0.15, 0.2) is 0 Å². The van der Waals surface area contributed by atoms with Gasteiger partial charge in [0, 0.05) is 11.8 Å².